The maximum atomic E-state index is 12.0. The van der Waals surface area contributed by atoms with E-state index in [0.29, 0.717) is 29.4 Å². The molecule has 1 amide bonds. The highest BCUT2D eigenvalue weighted by molar-refractivity contribution is 5.91. The van der Waals surface area contributed by atoms with Gasteiger partial charge in [0.25, 0.3) is 5.91 Å². The first-order valence-electron chi connectivity index (χ1n) is 7.59. The van der Waals surface area contributed by atoms with Gasteiger partial charge >= 0.3 is 0 Å². The smallest absolute Gasteiger partial charge is 0.262 e. The van der Waals surface area contributed by atoms with Crippen molar-refractivity contribution in [1.29, 1.82) is 0 Å². The number of ether oxygens (including phenoxy) is 3. The Morgan fingerprint density at radius 3 is 2.46 bits per heavy atom. The summed E-state index contributed by atoms with van der Waals surface area (Å²) in [6.07, 6.45) is 0. The molecule has 0 aromatic heterocycles. The normalized spacial score (nSPS) is 10.1. The summed E-state index contributed by atoms with van der Waals surface area (Å²) in [5, 5.41) is 11.9. The van der Waals surface area contributed by atoms with E-state index in [2.05, 4.69) is 5.32 Å². The summed E-state index contributed by atoms with van der Waals surface area (Å²) >= 11 is 0. The summed E-state index contributed by atoms with van der Waals surface area (Å²) in [4.78, 5) is 12.0. The number of carbonyl (C=O) groups excluding carboxylic acids is 1. The molecule has 0 aliphatic carbocycles. The van der Waals surface area contributed by atoms with E-state index < -0.39 is 0 Å². The van der Waals surface area contributed by atoms with Gasteiger partial charge in [-0.25, -0.2) is 0 Å². The van der Waals surface area contributed by atoms with Crippen LogP contribution in [0.4, 0.5) is 5.69 Å². The zero-order chi connectivity index (χ0) is 17.4. The van der Waals surface area contributed by atoms with Crippen molar-refractivity contribution >= 4 is 11.6 Å². The fraction of sp³-hybridized carbons (Fsp3) is 0.278. The summed E-state index contributed by atoms with van der Waals surface area (Å²) in [5.41, 5.74) is 1.37. The highest BCUT2D eigenvalue weighted by Gasteiger charge is 2.09. The maximum absolute atomic E-state index is 12.0. The zero-order valence-electron chi connectivity index (χ0n) is 13.7. The van der Waals surface area contributed by atoms with E-state index in [1.165, 1.54) is 7.11 Å². The van der Waals surface area contributed by atoms with Crippen LogP contribution in [-0.2, 0) is 11.4 Å². The minimum absolute atomic E-state index is 0.0884. The van der Waals surface area contributed by atoms with Crippen LogP contribution >= 0.6 is 0 Å². The molecule has 0 aliphatic rings. The van der Waals surface area contributed by atoms with E-state index in [1.807, 2.05) is 6.92 Å². The lowest BCUT2D eigenvalue weighted by Crippen LogP contribution is -2.20. The molecule has 6 heteroatoms. The van der Waals surface area contributed by atoms with Crippen LogP contribution in [0.5, 0.6) is 17.2 Å². The van der Waals surface area contributed by atoms with Gasteiger partial charge in [-0.3, -0.25) is 4.79 Å². The van der Waals surface area contributed by atoms with Crippen LogP contribution in [-0.4, -0.2) is 31.3 Å². The molecule has 6 nitrogen and oxygen atoms in total. The van der Waals surface area contributed by atoms with Gasteiger partial charge in [0, 0.05) is 5.69 Å². The number of amides is 1. The predicted molar refractivity (Wildman–Crippen MR) is 90.7 cm³/mol. The third kappa shape index (κ3) is 4.89. The second-order valence-electron chi connectivity index (χ2n) is 4.94. The zero-order valence-corrected chi connectivity index (χ0v) is 13.7. The molecule has 0 unspecified atom stereocenters. The molecule has 0 atom stereocenters. The molecule has 0 fully saturated rings. The molecule has 0 radical (unpaired) electrons. The van der Waals surface area contributed by atoms with Crippen molar-refractivity contribution in [1.82, 2.24) is 0 Å². The summed E-state index contributed by atoms with van der Waals surface area (Å²) in [6, 6.07) is 12.1. The molecule has 24 heavy (non-hydrogen) atoms. The van der Waals surface area contributed by atoms with Gasteiger partial charge in [0.15, 0.2) is 18.1 Å². The Bertz CT molecular complexity index is 670. The minimum atomic E-state index is -0.285. The standard InChI is InChI=1S/C18H21NO5/c1-3-23-15-7-5-14(6-8-15)19-18(21)12-24-16-9-4-13(11-20)10-17(16)22-2/h4-10,20H,3,11-12H2,1-2H3,(H,19,21). The number of anilines is 1. The van der Waals surface area contributed by atoms with Crippen molar-refractivity contribution < 1.29 is 24.1 Å². The van der Waals surface area contributed by atoms with Crippen molar-refractivity contribution in [3.05, 3.63) is 48.0 Å². The van der Waals surface area contributed by atoms with Crippen LogP contribution in [0.1, 0.15) is 12.5 Å². The van der Waals surface area contributed by atoms with Crippen molar-refractivity contribution in [3.8, 4) is 17.2 Å². The van der Waals surface area contributed by atoms with Gasteiger partial charge in [0.1, 0.15) is 5.75 Å². The monoisotopic (exact) mass is 331 g/mol. The van der Waals surface area contributed by atoms with Crippen LogP contribution in [0.15, 0.2) is 42.5 Å². The van der Waals surface area contributed by atoms with E-state index in [0.717, 1.165) is 5.75 Å². The van der Waals surface area contributed by atoms with Crippen LogP contribution in [0.25, 0.3) is 0 Å². The van der Waals surface area contributed by atoms with Crippen LogP contribution in [0.3, 0.4) is 0 Å². The average molecular weight is 331 g/mol. The number of benzene rings is 2. The maximum Gasteiger partial charge on any atom is 0.262 e. The third-order valence-corrected chi connectivity index (χ3v) is 3.22. The molecular weight excluding hydrogens is 310 g/mol. The number of aliphatic hydroxyl groups excluding tert-OH is 1. The second kappa shape index (κ2) is 8.79. The van der Waals surface area contributed by atoms with E-state index in [1.54, 1.807) is 42.5 Å². The van der Waals surface area contributed by atoms with Gasteiger partial charge in [-0.05, 0) is 48.9 Å². The first kappa shape index (κ1) is 17.6. The van der Waals surface area contributed by atoms with Gasteiger partial charge < -0.3 is 24.6 Å². The number of rotatable bonds is 8. The largest absolute Gasteiger partial charge is 0.494 e. The molecule has 128 valence electrons. The molecular formula is C18H21NO5. The van der Waals surface area contributed by atoms with Gasteiger partial charge in [0.2, 0.25) is 0 Å². The minimum Gasteiger partial charge on any atom is -0.494 e. The lowest BCUT2D eigenvalue weighted by Gasteiger charge is -2.12. The summed E-state index contributed by atoms with van der Waals surface area (Å²) in [7, 11) is 1.50. The first-order valence-corrected chi connectivity index (χ1v) is 7.59. The highest BCUT2D eigenvalue weighted by Crippen LogP contribution is 2.28. The van der Waals surface area contributed by atoms with Crippen LogP contribution in [0.2, 0.25) is 0 Å². The topological polar surface area (TPSA) is 77.0 Å². The van der Waals surface area contributed by atoms with Gasteiger partial charge in [-0.1, -0.05) is 6.07 Å². The molecule has 2 aromatic rings. The number of aliphatic hydroxyl groups is 1. The lowest BCUT2D eigenvalue weighted by molar-refractivity contribution is -0.118. The fourth-order valence-corrected chi connectivity index (χ4v) is 2.07. The lowest BCUT2D eigenvalue weighted by atomic mass is 10.2. The van der Waals surface area contributed by atoms with E-state index >= 15 is 0 Å². The average Bonchev–Trinajstić information content (AvgIpc) is 2.61. The Morgan fingerprint density at radius 2 is 1.83 bits per heavy atom. The van der Waals surface area contributed by atoms with Crippen LogP contribution < -0.4 is 19.5 Å². The van der Waals surface area contributed by atoms with Crippen molar-refractivity contribution in [2.45, 2.75) is 13.5 Å². The Kier molecular flexibility index (Phi) is 6.45. The third-order valence-electron chi connectivity index (χ3n) is 3.22. The molecule has 0 saturated carbocycles. The van der Waals surface area contributed by atoms with Crippen molar-refractivity contribution in [3.63, 3.8) is 0 Å². The summed E-state index contributed by atoms with van der Waals surface area (Å²) in [5.74, 6) is 1.37. The highest BCUT2D eigenvalue weighted by atomic mass is 16.5. The Balaban J connectivity index is 1.91. The number of hydrogen-bond donors (Lipinski definition) is 2. The SMILES string of the molecule is CCOc1ccc(NC(=O)COc2ccc(CO)cc2OC)cc1. The second-order valence-corrected chi connectivity index (χ2v) is 4.94. The molecule has 2 rings (SSSR count). The first-order chi connectivity index (χ1) is 11.7. The van der Waals surface area contributed by atoms with Gasteiger partial charge in [0.05, 0.1) is 20.3 Å². The molecule has 0 spiro atoms. The molecule has 0 heterocycles. The summed E-state index contributed by atoms with van der Waals surface area (Å²) in [6.45, 7) is 2.27. The Morgan fingerprint density at radius 1 is 1.08 bits per heavy atom. The van der Waals surface area contributed by atoms with Gasteiger partial charge in [-0.15, -0.1) is 0 Å². The Hall–Kier alpha value is -2.73. The van der Waals surface area contributed by atoms with Gasteiger partial charge in [-0.2, -0.15) is 0 Å². The quantitative estimate of drug-likeness (QED) is 0.777. The number of nitrogens with one attached hydrogen (secondary N) is 1. The number of hydrogen-bond acceptors (Lipinski definition) is 5. The van der Waals surface area contributed by atoms with Crippen molar-refractivity contribution in [2.75, 3.05) is 25.6 Å². The van der Waals surface area contributed by atoms with Crippen LogP contribution in [0, 0.1) is 0 Å². The van der Waals surface area contributed by atoms with E-state index in [-0.39, 0.29) is 19.1 Å². The van der Waals surface area contributed by atoms with E-state index in [4.69, 9.17) is 19.3 Å². The molecule has 2 N–H and O–H groups in total. The predicted octanol–water partition coefficient (Wildman–Crippen LogP) is 2.60. The Labute approximate surface area is 141 Å². The number of methoxy groups -OCH3 is 1. The molecule has 0 bridgehead atoms. The van der Waals surface area contributed by atoms with Crippen molar-refractivity contribution in [2.24, 2.45) is 0 Å². The molecule has 0 aliphatic heterocycles. The number of carbonyl (C=O) groups is 1. The molecule has 0 saturated heterocycles. The van der Waals surface area contributed by atoms with E-state index in [9.17, 15) is 4.79 Å². The summed E-state index contributed by atoms with van der Waals surface area (Å²) < 4.78 is 16.0. The molecule has 2 aromatic carbocycles. The fourth-order valence-electron chi connectivity index (χ4n) is 2.07.